The summed E-state index contributed by atoms with van der Waals surface area (Å²) in [5.41, 5.74) is 8.05. The molecule has 3 rings (SSSR count). The predicted octanol–water partition coefficient (Wildman–Crippen LogP) is 2.51. The van der Waals surface area contributed by atoms with E-state index in [0.29, 0.717) is 12.1 Å². The molecule has 0 unspecified atom stereocenters. The third-order valence-electron chi connectivity index (χ3n) is 3.04. The number of rotatable bonds is 2. The first-order valence-corrected chi connectivity index (χ1v) is 6.41. The first-order valence-electron chi connectivity index (χ1n) is 5.60. The normalized spacial score (nSPS) is 24.4. The number of benzene rings is 1. The average Bonchev–Trinajstić information content (AvgIpc) is 2.55. The Morgan fingerprint density at radius 1 is 1.44 bits per heavy atom. The van der Waals surface area contributed by atoms with Crippen LogP contribution in [0, 0.1) is 6.92 Å². The Kier molecular flexibility index (Phi) is 2.33. The van der Waals surface area contributed by atoms with E-state index >= 15 is 0 Å². The van der Waals surface area contributed by atoms with E-state index in [9.17, 15) is 0 Å². The largest absolute Gasteiger partial charge is 0.382 e. The standard InChI is InChI=1S/C12H15N3S/c1-7-14-11-3-2-9(6-12(11)16-7)15-10-4-8(13)5-10/h2-3,6,8,10,15H,4-5,13H2,1H3. The summed E-state index contributed by atoms with van der Waals surface area (Å²) in [5.74, 6) is 0. The van der Waals surface area contributed by atoms with Crippen LogP contribution in [0.3, 0.4) is 0 Å². The van der Waals surface area contributed by atoms with Crippen LogP contribution in [-0.4, -0.2) is 17.1 Å². The van der Waals surface area contributed by atoms with Gasteiger partial charge in [-0.1, -0.05) is 0 Å². The molecule has 3 nitrogen and oxygen atoms in total. The van der Waals surface area contributed by atoms with Gasteiger partial charge in [0.1, 0.15) is 0 Å². The van der Waals surface area contributed by atoms with E-state index in [4.69, 9.17) is 5.73 Å². The molecule has 0 saturated heterocycles. The highest BCUT2D eigenvalue weighted by atomic mass is 32.1. The van der Waals surface area contributed by atoms with Gasteiger partial charge in [0.05, 0.1) is 15.2 Å². The minimum atomic E-state index is 0.395. The number of hydrogen-bond acceptors (Lipinski definition) is 4. The summed E-state index contributed by atoms with van der Waals surface area (Å²) in [6.45, 7) is 2.04. The number of thiazole rings is 1. The van der Waals surface area contributed by atoms with Crippen molar-refractivity contribution in [3.05, 3.63) is 23.2 Å². The Morgan fingerprint density at radius 2 is 2.25 bits per heavy atom. The number of hydrogen-bond donors (Lipinski definition) is 2. The third-order valence-corrected chi connectivity index (χ3v) is 3.97. The van der Waals surface area contributed by atoms with Crippen molar-refractivity contribution in [1.82, 2.24) is 4.98 Å². The second-order valence-electron chi connectivity index (χ2n) is 4.49. The Labute approximate surface area is 98.7 Å². The van der Waals surface area contributed by atoms with Crippen LogP contribution in [0.15, 0.2) is 18.2 Å². The molecule has 0 atom stereocenters. The van der Waals surface area contributed by atoms with Crippen molar-refractivity contribution in [2.75, 3.05) is 5.32 Å². The van der Waals surface area contributed by atoms with Crippen LogP contribution in [-0.2, 0) is 0 Å². The second-order valence-corrected chi connectivity index (χ2v) is 5.72. The zero-order valence-corrected chi connectivity index (χ0v) is 10.1. The minimum absolute atomic E-state index is 0.395. The molecule has 0 amide bonds. The van der Waals surface area contributed by atoms with Gasteiger partial charge in [0.25, 0.3) is 0 Å². The lowest BCUT2D eigenvalue weighted by atomic mass is 9.87. The van der Waals surface area contributed by atoms with Crippen LogP contribution in [0.5, 0.6) is 0 Å². The van der Waals surface area contributed by atoms with E-state index in [1.54, 1.807) is 11.3 Å². The third kappa shape index (κ3) is 1.79. The zero-order chi connectivity index (χ0) is 11.1. The molecule has 1 fully saturated rings. The molecule has 3 N–H and O–H groups in total. The second kappa shape index (κ2) is 3.71. The molecule has 1 saturated carbocycles. The van der Waals surface area contributed by atoms with E-state index in [2.05, 4.69) is 28.5 Å². The van der Waals surface area contributed by atoms with Crippen molar-refractivity contribution in [3.8, 4) is 0 Å². The Bertz CT molecular complexity index is 514. The molecule has 4 heteroatoms. The van der Waals surface area contributed by atoms with E-state index in [1.165, 1.54) is 10.4 Å². The quantitative estimate of drug-likeness (QED) is 0.838. The van der Waals surface area contributed by atoms with E-state index in [-0.39, 0.29) is 0 Å². The van der Waals surface area contributed by atoms with Gasteiger partial charge in [-0.2, -0.15) is 0 Å². The molecule has 84 valence electrons. The summed E-state index contributed by atoms with van der Waals surface area (Å²) in [6.07, 6.45) is 2.17. The molecule has 0 aliphatic heterocycles. The highest BCUT2D eigenvalue weighted by molar-refractivity contribution is 7.18. The van der Waals surface area contributed by atoms with Crippen LogP contribution in [0.4, 0.5) is 5.69 Å². The molecule has 1 heterocycles. The van der Waals surface area contributed by atoms with Crippen molar-refractivity contribution in [1.29, 1.82) is 0 Å². The summed E-state index contributed by atoms with van der Waals surface area (Å²) in [4.78, 5) is 4.45. The fraction of sp³-hybridized carbons (Fsp3) is 0.417. The van der Waals surface area contributed by atoms with Gasteiger partial charge >= 0.3 is 0 Å². The minimum Gasteiger partial charge on any atom is -0.382 e. The average molecular weight is 233 g/mol. The van der Waals surface area contributed by atoms with Crippen LogP contribution >= 0.6 is 11.3 Å². The first-order chi connectivity index (χ1) is 7.70. The number of aryl methyl sites for hydroxylation is 1. The summed E-state index contributed by atoms with van der Waals surface area (Å²) >= 11 is 1.74. The molecule has 2 aromatic rings. The molecule has 0 spiro atoms. The van der Waals surface area contributed by atoms with E-state index in [1.807, 2.05) is 6.92 Å². The van der Waals surface area contributed by atoms with Crippen molar-refractivity contribution in [2.45, 2.75) is 31.8 Å². The smallest absolute Gasteiger partial charge is 0.0907 e. The van der Waals surface area contributed by atoms with Crippen molar-refractivity contribution in [2.24, 2.45) is 5.73 Å². The lowest BCUT2D eigenvalue weighted by Crippen LogP contribution is -2.44. The van der Waals surface area contributed by atoms with Gasteiger partial charge in [-0.25, -0.2) is 4.98 Å². The SMILES string of the molecule is Cc1nc2ccc(NC3CC(N)C3)cc2s1. The maximum absolute atomic E-state index is 5.77. The summed E-state index contributed by atoms with van der Waals surface area (Å²) in [5, 5.41) is 4.63. The molecule has 1 aromatic heterocycles. The summed E-state index contributed by atoms with van der Waals surface area (Å²) in [7, 11) is 0. The Balaban J connectivity index is 1.82. The molecule has 1 aliphatic rings. The van der Waals surface area contributed by atoms with Crippen LogP contribution < -0.4 is 11.1 Å². The van der Waals surface area contributed by atoms with Gasteiger partial charge in [0, 0.05) is 17.8 Å². The number of nitrogens with two attached hydrogens (primary N) is 1. The predicted molar refractivity (Wildman–Crippen MR) is 69.0 cm³/mol. The number of fused-ring (bicyclic) bond motifs is 1. The molecule has 1 aromatic carbocycles. The molecule has 0 radical (unpaired) electrons. The van der Waals surface area contributed by atoms with Gasteiger partial charge in [-0.05, 0) is 38.0 Å². The van der Waals surface area contributed by atoms with Crippen LogP contribution in [0.1, 0.15) is 17.8 Å². The van der Waals surface area contributed by atoms with Crippen molar-refractivity contribution < 1.29 is 0 Å². The van der Waals surface area contributed by atoms with Gasteiger partial charge in [0.2, 0.25) is 0 Å². The van der Waals surface area contributed by atoms with E-state index in [0.717, 1.165) is 23.4 Å². The monoisotopic (exact) mass is 233 g/mol. The molecular weight excluding hydrogens is 218 g/mol. The van der Waals surface area contributed by atoms with Gasteiger partial charge in [-0.15, -0.1) is 11.3 Å². The Morgan fingerprint density at radius 3 is 3.00 bits per heavy atom. The number of nitrogens with one attached hydrogen (secondary N) is 1. The van der Waals surface area contributed by atoms with Crippen molar-refractivity contribution >= 4 is 27.2 Å². The first kappa shape index (κ1) is 10.1. The van der Waals surface area contributed by atoms with Gasteiger partial charge in [-0.3, -0.25) is 0 Å². The lowest BCUT2D eigenvalue weighted by molar-refractivity contribution is 0.374. The lowest BCUT2D eigenvalue weighted by Gasteiger charge is -2.33. The van der Waals surface area contributed by atoms with Crippen LogP contribution in [0.25, 0.3) is 10.2 Å². The molecule has 1 aliphatic carbocycles. The highest BCUT2D eigenvalue weighted by Gasteiger charge is 2.25. The van der Waals surface area contributed by atoms with Gasteiger partial charge in [0.15, 0.2) is 0 Å². The fourth-order valence-electron chi connectivity index (χ4n) is 2.15. The fourth-order valence-corrected chi connectivity index (χ4v) is 3.01. The summed E-state index contributed by atoms with van der Waals surface area (Å²) in [6, 6.07) is 7.32. The number of nitrogens with zero attached hydrogens (tertiary/aromatic N) is 1. The maximum atomic E-state index is 5.77. The maximum Gasteiger partial charge on any atom is 0.0907 e. The van der Waals surface area contributed by atoms with Gasteiger partial charge < -0.3 is 11.1 Å². The van der Waals surface area contributed by atoms with Crippen LogP contribution in [0.2, 0.25) is 0 Å². The van der Waals surface area contributed by atoms with Crippen molar-refractivity contribution in [3.63, 3.8) is 0 Å². The number of anilines is 1. The summed E-state index contributed by atoms with van der Waals surface area (Å²) < 4.78 is 1.26. The Hall–Kier alpha value is -1.13. The zero-order valence-electron chi connectivity index (χ0n) is 9.23. The van der Waals surface area contributed by atoms with E-state index < -0.39 is 0 Å². The number of aromatic nitrogens is 1. The molecule has 16 heavy (non-hydrogen) atoms. The highest BCUT2D eigenvalue weighted by Crippen LogP contribution is 2.27. The molecule has 0 bridgehead atoms. The molecular formula is C12H15N3S. The topological polar surface area (TPSA) is 50.9 Å².